The van der Waals surface area contributed by atoms with E-state index in [-0.39, 0.29) is 0 Å². The molecule has 92 valence electrons. The molecule has 2 rings (SSSR count). The quantitative estimate of drug-likeness (QED) is 0.826. The van der Waals surface area contributed by atoms with E-state index in [1.54, 1.807) is 7.11 Å². The highest BCUT2D eigenvalue weighted by Gasteiger charge is 2.10. The molecule has 1 aromatic heterocycles. The summed E-state index contributed by atoms with van der Waals surface area (Å²) in [4.78, 5) is 0. The Hall–Kier alpha value is -2.21. The Morgan fingerprint density at radius 2 is 2.06 bits per heavy atom. The van der Waals surface area contributed by atoms with Crippen LogP contribution in [0.2, 0.25) is 0 Å². The lowest BCUT2D eigenvalue weighted by Crippen LogP contribution is -2.00. The molecule has 0 aliphatic carbocycles. The number of hydrogen-bond donors (Lipinski definition) is 0. The highest BCUT2D eigenvalue weighted by molar-refractivity contribution is 5.45. The van der Waals surface area contributed by atoms with E-state index in [1.807, 2.05) is 38.1 Å². The molecular formula is C15H16N2O. The van der Waals surface area contributed by atoms with Crippen molar-refractivity contribution < 1.29 is 4.74 Å². The Labute approximate surface area is 107 Å². The van der Waals surface area contributed by atoms with Gasteiger partial charge in [0.1, 0.15) is 5.75 Å². The van der Waals surface area contributed by atoms with E-state index in [1.165, 1.54) is 0 Å². The van der Waals surface area contributed by atoms with Crippen LogP contribution in [0.4, 0.5) is 0 Å². The topological polar surface area (TPSA) is 38.0 Å². The molecule has 0 saturated heterocycles. The van der Waals surface area contributed by atoms with E-state index in [0.29, 0.717) is 6.42 Å². The monoisotopic (exact) mass is 240 g/mol. The molecule has 0 fully saturated rings. The number of nitriles is 1. The van der Waals surface area contributed by atoms with Crippen molar-refractivity contribution in [2.75, 3.05) is 7.11 Å². The summed E-state index contributed by atoms with van der Waals surface area (Å²) in [5.41, 5.74) is 4.39. The van der Waals surface area contributed by atoms with Gasteiger partial charge in [0, 0.05) is 23.1 Å². The van der Waals surface area contributed by atoms with Crippen LogP contribution in [0.15, 0.2) is 30.3 Å². The summed E-state index contributed by atoms with van der Waals surface area (Å²) in [5, 5.41) is 8.82. The molecule has 0 bridgehead atoms. The van der Waals surface area contributed by atoms with Crippen molar-refractivity contribution in [1.29, 1.82) is 5.26 Å². The molecule has 0 atom stereocenters. The van der Waals surface area contributed by atoms with Crippen molar-refractivity contribution in [3.05, 3.63) is 47.3 Å². The molecule has 0 N–H and O–H groups in total. The first-order chi connectivity index (χ1) is 8.67. The first kappa shape index (κ1) is 12.3. The van der Waals surface area contributed by atoms with Crippen molar-refractivity contribution >= 4 is 0 Å². The minimum Gasteiger partial charge on any atom is -0.497 e. The molecule has 0 spiro atoms. The number of nitrogens with zero attached hydrogens (tertiary/aromatic N) is 2. The van der Waals surface area contributed by atoms with Crippen LogP contribution < -0.4 is 4.74 Å². The smallest absolute Gasteiger partial charge is 0.120 e. The summed E-state index contributed by atoms with van der Waals surface area (Å²) in [5.74, 6) is 0.835. The van der Waals surface area contributed by atoms with Gasteiger partial charge < -0.3 is 9.30 Å². The Bertz CT molecular complexity index is 605. The van der Waals surface area contributed by atoms with E-state index in [4.69, 9.17) is 10.00 Å². The molecule has 0 radical (unpaired) electrons. The summed E-state index contributed by atoms with van der Waals surface area (Å²) in [6.45, 7) is 4.09. The Kier molecular flexibility index (Phi) is 3.38. The van der Waals surface area contributed by atoms with Gasteiger partial charge in [-0.2, -0.15) is 5.26 Å². The second kappa shape index (κ2) is 4.97. The minimum atomic E-state index is 0.448. The number of hydrogen-bond acceptors (Lipinski definition) is 2. The number of ether oxygens (including phenoxy) is 1. The van der Waals surface area contributed by atoms with E-state index in [2.05, 4.69) is 16.7 Å². The SMILES string of the molecule is COc1cccc(-n2c(C)cc(CC#N)c2C)c1. The van der Waals surface area contributed by atoms with E-state index in [9.17, 15) is 0 Å². The van der Waals surface area contributed by atoms with Crippen LogP contribution >= 0.6 is 0 Å². The second-order valence-corrected chi connectivity index (χ2v) is 4.27. The third-order valence-corrected chi connectivity index (χ3v) is 3.12. The van der Waals surface area contributed by atoms with Crippen molar-refractivity contribution in [3.8, 4) is 17.5 Å². The molecule has 1 heterocycles. The van der Waals surface area contributed by atoms with E-state index >= 15 is 0 Å². The Balaban J connectivity index is 2.53. The van der Waals surface area contributed by atoms with Crippen LogP contribution in [-0.2, 0) is 6.42 Å². The van der Waals surface area contributed by atoms with E-state index in [0.717, 1.165) is 28.4 Å². The molecule has 0 unspecified atom stereocenters. The third kappa shape index (κ3) is 2.10. The fraction of sp³-hybridized carbons (Fsp3) is 0.267. The fourth-order valence-electron chi connectivity index (χ4n) is 2.24. The zero-order valence-electron chi connectivity index (χ0n) is 10.9. The molecular weight excluding hydrogens is 224 g/mol. The van der Waals surface area contributed by atoms with Crippen molar-refractivity contribution in [2.45, 2.75) is 20.3 Å². The zero-order valence-corrected chi connectivity index (χ0v) is 10.9. The lowest BCUT2D eigenvalue weighted by molar-refractivity contribution is 0.414. The average molecular weight is 240 g/mol. The van der Waals surface area contributed by atoms with Crippen LogP contribution in [0, 0.1) is 25.2 Å². The van der Waals surface area contributed by atoms with Crippen LogP contribution in [0.3, 0.4) is 0 Å². The maximum atomic E-state index is 8.82. The average Bonchev–Trinajstić information content (AvgIpc) is 2.65. The maximum Gasteiger partial charge on any atom is 0.120 e. The predicted octanol–water partition coefficient (Wildman–Crippen LogP) is 3.17. The van der Waals surface area contributed by atoms with Crippen LogP contribution in [0.5, 0.6) is 5.75 Å². The van der Waals surface area contributed by atoms with Gasteiger partial charge in [-0.3, -0.25) is 0 Å². The molecule has 1 aromatic carbocycles. The van der Waals surface area contributed by atoms with Gasteiger partial charge in [0.25, 0.3) is 0 Å². The lowest BCUT2D eigenvalue weighted by Gasteiger charge is -2.11. The van der Waals surface area contributed by atoms with Crippen molar-refractivity contribution in [1.82, 2.24) is 4.57 Å². The summed E-state index contributed by atoms with van der Waals surface area (Å²) in [6, 6.07) is 12.2. The normalized spacial score (nSPS) is 10.1. The first-order valence-corrected chi connectivity index (χ1v) is 5.86. The summed E-state index contributed by atoms with van der Waals surface area (Å²) >= 11 is 0. The van der Waals surface area contributed by atoms with Gasteiger partial charge in [-0.15, -0.1) is 0 Å². The maximum absolute atomic E-state index is 8.82. The highest BCUT2D eigenvalue weighted by atomic mass is 16.5. The van der Waals surface area contributed by atoms with Gasteiger partial charge >= 0.3 is 0 Å². The minimum absolute atomic E-state index is 0.448. The highest BCUT2D eigenvalue weighted by Crippen LogP contribution is 2.23. The Morgan fingerprint density at radius 3 is 2.72 bits per heavy atom. The first-order valence-electron chi connectivity index (χ1n) is 5.86. The Morgan fingerprint density at radius 1 is 1.28 bits per heavy atom. The van der Waals surface area contributed by atoms with Gasteiger partial charge in [-0.1, -0.05) is 6.07 Å². The van der Waals surface area contributed by atoms with Crippen molar-refractivity contribution in [3.63, 3.8) is 0 Å². The van der Waals surface area contributed by atoms with Gasteiger partial charge in [0.05, 0.1) is 19.6 Å². The lowest BCUT2D eigenvalue weighted by atomic mass is 10.2. The van der Waals surface area contributed by atoms with Gasteiger partial charge in [0.2, 0.25) is 0 Å². The molecule has 0 saturated carbocycles. The molecule has 0 amide bonds. The summed E-state index contributed by atoms with van der Waals surface area (Å²) < 4.78 is 7.39. The summed E-state index contributed by atoms with van der Waals surface area (Å²) in [6.07, 6.45) is 0.448. The van der Waals surface area contributed by atoms with Crippen LogP contribution in [-0.4, -0.2) is 11.7 Å². The number of methoxy groups -OCH3 is 1. The molecule has 3 heteroatoms. The van der Waals surface area contributed by atoms with Crippen LogP contribution in [0.25, 0.3) is 5.69 Å². The fourth-order valence-corrected chi connectivity index (χ4v) is 2.24. The number of aryl methyl sites for hydroxylation is 1. The molecule has 0 aliphatic heterocycles. The summed E-state index contributed by atoms with van der Waals surface area (Å²) in [7, 11) is 1.66. The standard InChI is InChI=1S/C15H16N2O/c1-11-9-13(7-8-16)12(2)17(11)14-5-4-6-15(10-14)18-3/h4-6,9-10H,7H2,1-3H3. The predicted molar refractivity (Wildman–Crippen MR) is 71.1 cm³/mol. The number of benzene rings is 1. The largest absolute Gasteiger partial charge is 0.497 e. The van der Waals surface area contributed by atoms with Crippen molar-refractivity contribution in [2.24, 2.45) is 0 Å². The number of rotatable bonds is 3. The van der Waals surface area contributed by atoms with Gasteiger partial charge in [0.15, 0.2) is 0 Å². The third-order valence-electron chi connectivity index (χ3n) is 3.12. The molecule has 3 nitrogen and oxygen atoms in total. The van der Waals surface area contributed by atoms with Crippen LogP contribution in [0.1, 0.15) is 17.0 Å². The molecule has 0 aliphatic rings. The van der Waals surface area contributed by atoms with Gasteiger partial charge in [-0.25, -0.2) is 0 Å². The number of aromatic nitrogens is 1. The molecule has 2 aromatic rings. The molecule has 18 heavy (non-hydrogen) atoms. The van der Waals surface area contributed by atoms with Gasteiger partial charge in [-0.05, 0) is 37.6 Å². The zero-order chi connectivity index (χ0) is 13.1. The van der Waals surface area contributed by atoms with E-state index < -0.39 is 0 Å². The second-order valence-electron chi connectivity index (χ2n) is 4.27.